The Labute approximate surface area is 170 Å². The molecule has 0 spiro atoms. The van der Waals surface area contributed by atoms with Gasteiger partial charge in [0, 0.05) is 13.1 Å². The Hall–Kier alpha value is -2.49. The van der Waals surface area contributed by atoms with Gasteiger partial charge in [0.15, 0.2) is 5.11 Å². The molecule has 2 N–H and O–H groups in total. The lowest BCUT2D eigenvalue weighted by molar-refractivity contribution is -0.137. The van der Waals surface area contributed by atoms with Crippen LogP contribution in [0.3, 0.4) is 0 Å². The summed E-state index contributed by atoms with van der Waals surface area (Å²) < 4.78 is 41.6. The molecule has 2 bridgehead atoms. The van der Waals surface area contributed by atoms with Crippen molar-refractivity contribution in [2.24, 2.45) is 5.92 Å². The quantitative estimate of drug-likeness (QED) is 0.739. The van der Waals surface area contributed by atoms with Crippen molar-refractivity contribution in [3.8, 4) is 11.6 Å². The SMILES string of the molecule is CC(C)CNC(=S)N1CC2C[C@@H]1c1c(O)n(-c3cccc(C(F)(F)F)c3)c(=O)n12. The van der Waals surface area contributed by atoms with Gasteiger partial charge in [-0.1, -0.05) is 19.9 Å². The average molecular weight is 426 g/mol. The molecule has 1 aromatic heterocycles. The summed E-state index contributed by atoms with van der Waals surface area (Å²) in [5, 5.41) is 14.5. The third-order valence-electron chi connectivity index (χ3n) is 5.41. The van der Waals surface area contributed by atoms with Crippen LogP contribution in [-0.4, -0.2) is 37.3 Å². The highest BCUT2D eigenvalue weighted by atomic mass is 32.1. The van der Waals surface area contributed by atoms with Crippen LogP contribution in [0.5, 0.6) is 5.88 Å². The first-order chi connectivity index (χ1) is 13.6. The molecule has 2 aromatic rings. The summed E-state index contributed by atoms with van der Waals surface area (Å²) in [6, 6.07) is 3.93. The number of benzene rings is 1. The van der Waals surface area contributed by atoms with Gasteiger partial charge in [0.1, 0.15) is 5.69 Å². The molecule has 29 heavy (non-hydrogen) atoms. The molecule has 1 fully saturated rings. The average Bonchev–Trinajstić information content (AvgIpc) is 3.30. The minimum Gasteiger partial charge on any atom is -0.493 e. The predicted octanol–water partition coefficient (Wildman–Crippen LogP) is 3.20. The number of aromatic nitrogens is 2. The molecular formula is C19H21F3N4O2S. The van der Waals surface area contributed by atoms with E-state index in [-0.39, 0.29) is 23.7 Å². The molecule has 3 heterocycles. The van der Waals surface area contributed by atoms with Crippen LogP contribution in [0.2, 0.25) is 0 Å². The van der Waals surface area contributed by atoms with Crippen LogP contribution in [0.25, 0.3) is 5.69 Å². The zero-order valence-electron chi connectivity index (χ0n) is 15.9. The molecule has 4 rings (SSSR count). The van der Waals surface area contributed by atoms with Crippen LogP contribution in [0.15, 0.2) is 29.1 Å². The number of halogens is 3. The van der Waals surface area contributed by atoms with E-state index in [2.05, 4.69) is 19.2 Å². The van der Waals surface area contributed by atoms with E-state index in [1.165, 1.54) is 16.7 Å². The maximum absolute atomic E-state index is 13.1. The third kappa shape index (κ3) is 3.19. The highest BCUT2D eigenvalue weighted by Crippen LogP contribution is 2.48. The predicted molar refractivity (Wildman–Crippen MR) is 105 cm³/mol. The van der Waals surface area contributed by atoms with Crippen LogP contribution in [0.4, 0.5) is 13.2 Å². The minimum absolute atomic E-state index is 0.0179. The van der Waals surface area contributed by atoms with E-state index in [0.717, 1.165) is 16.7 Å². The summed E-state index contributed by atoms with van der Waals surface area (Å²) in [5.41, 5.74) is -1.03. The zero-order chi connectivity index (χ0) is 21.1. The smallest absolute Gasteiger partial charge is 0.416 e. The van der Waals surface area contributed by atoms with E-state index in [1.54, 1.807) is 0 Å². The summed E-state index contributed by atoms with van der Waals surface area (Å²) in [7, 11) is 0. The normalized spacial score (nSPS) is 20.4. The second-order valence-electron chi connectivity index (χ2n) is 7.88. The van der Waals surface area contributed by atoms with Gasteiger partial charge in [-0.15, -0.1) is 0 Å². The van der Waals surface area contributed by atoms with Gasteiger partial charge in [-0.05, 0) is 42.8 Å². The second-order valence-corrected chi connectivity index (χ2v) is 8.27. The van der Waals surface area contributed by atoms with E-state index in [9.17, 15) is 23.1 Å². The van der Waals surface area contributed by atoms with Gasteiger partial charge in [0.2, 0.25) is 5.88 Å². The highest BCUT2D eigenvalue weighted by molar-refractivity contribution is 7.80. The van der Waals surface area contributed by atoms with E-state index in [1.807, 2.05) is 4.90 Å². The molecule has 0 aliphatic carbocycles. The first-order valence-corrected chi connectivity index (χ1v) is 9.78. The number of hydrogen-bond donors (Lipinski definition) is 2. The lowest BCUT2D eigenvalue weighted by Gasteiger charge is -2.30. The largest absolute Gasteiger partial charge is 0.493 e. The van der Waals surface area contributed by atoms with E-state index < -0.39 is 17.4 Å². The molecule has 2 atom stereocenters. The lowest BCUT2D eigenvalue weighted by Crippen LogP contribution is -2.44. The maximum atomic E-state index is 13.1. The number of alkyl halides is 3. The minimum atomic E-state index is -4.54. The number of nitrogens with one attached hydrogen (secondary N) is 1. The fraction of sp³-hybridized carbons (Fsp3) is 0.474. The summed E-state index contributed by atoms with van der Waals surface area (Å²) in [4.78, 5) is 14.9. The van der Waals surface area contributed by atoms with Gasteiger partial charge in [0.05, 0.1) is 23.3 Å². The van der Waals surface area contributed by atoms with Crippen molar-refractivity contribution in [1.29, 1.82) is 0 Å². The number of thiocarbonyl (C=S) groups is 1. The van der Waals surface area contributed by atoms with Gasteiger partial charge in [-0.25, -0.2) is 9.36 Å². The Balaban J connectivity index is 1.71. The zero-order valence-corrected chi connectivity index (χ0v) is 16.7. The summed E-state index contributed by atoms with van der Waals surface area (Å²) in [6.07, 6.45) is -3.91. The molecule has 6 nitrogen and oxygen atoms in total. The van der Waals surface area contributed by atoms with Crippen LogP contribution < -0.4 is 11.0 Å². The Kier molecular flexibility index (Phi) is 4.64. The van der Waals surface area contributed by atoms with Gasteiger partial charge in [-0.2, -0.15) is 13.2 Å². The standard InChI is InChI=1S/C19H21F3N4O2S/c1-10(2)8-23-17(29)24-9-13-7-14(24)15-16(27)26(18(28)25(13)15)12-5-3-4-11(6-12)19(20,21)22/h3-6,10,13-14,27H,7-9H2,1-2H3,(H,23,29)/t13?,14-/m1/s1. The maximum Gasteiger partial charge on any atom is 0.416 e. The fourth-order valence-corrected chi connectivity index (χ4v) is 4.40. The molecule has 10 heteroatoms. The topological polar surface area (TPSA) is 62.4 Å². The Morgan fingerprint density at radius 1 is 1.38 bits per heavy atom. The summed E-state index contributed by atoms with van der Waals surface area (Å²) in [5.74, 6) is 0.0690. The van der Waals surface area contributed by atoms with Crippen molar-refractivity contribution in [1.82, 2.24) is 19.4 Å². The van der Waals surface area contributed by atoms with Crippen molar-refractivity contribution in [2.75, 3.05) is 13.1 Å². The molecule has 1 saturated heterocycles. The molecule has 2 aliphatic heterocycles. The number of aromatic hydroxyl groups is 1. The Bertz CT molecular complexity index is 1030. The van der Waals surface area contributed by atoms with Crippen LogP contribution in [-0.2, 0) is 6.18 Å². The van der Waals surface area contributed by atoms with Crippen molar-refractivity contribution in [2.45, 2.75) is 38.5 Å². The number of hydrogen-bond acceptors (Lipinski definition) is 3. The van der Waals surface area contributed by atoms with E-state index >= 15 is 0 Å². The van der Waals surface area contributed by atoms with Crippen molar-refractivity contribution < 1.29 is 18.3 Å². The number of fused-ring (bicyclic) bond motifs is 5. The molecule has 156 valence electrons. The molecule has 1 aromatic carbocycles. The second kappa shape index (κ2) is 6.79. The number of rotatable bonds is 3. The van der Waals surface area contributed by atoms with Crippen LogP contribution in [0.1, 0.15) is 43.6 Å². The lowest BCUT2D eigenvalue weighted by atomic mass is 10.2. The monoisotopic (exact) mass is 426 g/mol. The molecule has 0 saturated carbocycles. The van der Waals surface area contributed by atoms with Crippen molar-refractivity contribution in [3.05, 3.63) is 46.0 Å². The number of nitrogens with zero attached hydrogens (tertiary/aromatic N) is 3. The van der Waals surface area contributed by atoms with Crippen LogP contribution >= 0.6 is 12.2 Å². The molecular weight excluding hydrogens is 405 g/mol. The van der Waals surface area contributed by atoms with Crippen molar-refractivity contribution >= 4 is 17.3 Å². The van der Waals surface area contributed by atoms with Gasteiger partial charge in [-0.3, -0.25) is 4.57 Å². The van der Waals surface area contributed by atoms with Gasteiger partial charge >= 0.3 is 11.9 Å². The Morgan fingerprint density at radius 3 is 2.76 bits per heavy atom. The van der Waals surface area contributed by atoms with E-state index in [0.29, 0.717) is 36.2 Å². The van der Waals surface area contributed by atoms with Gasteiger partial charge in [0.25, 0.3) is 0 Å². The third-order valence-corrected chi connectivity index (χ3v) is 5.79. The molecule has 0 amide bonds. The van der Waals surface area contributed by atoms with Gasteiger partial charge < -0.3 is 15.3 Å². The molecule has 1 unspecified atom stereocenters. The Morgan fingerprint density at radius 2 is 2.10 bits per heavy atom. The van der Waals surface area contributed by atoms with Crippen LogP contribution in [0, 0.1) is 5.92 Å². The first kappa shape index (κ1) is 19.8. The summed E-state index contributed by atoms with van der Waals surface area (Å²) >= 11 is 5.47. The summed E-state index contributed by atoms with van der Waals surface area (Å²) in [6.45, 7) is 5.35. The first-order valence-electron chi connectivity index (χ1n) is 9.37. The van der Waals surface area contributed by atoms with E-state index in [4.69, 9.17) is 12.2 Å². The number of imidazole rings is 1. The molecule has 0 radical (unpaired) electrons. The number of likely N-dealkylation sites (tertiary alicyclic amines) is 1. The fourth-order valence-electron chi connectivity index (χ4n) is 4.12. The highest BCUT2D eigenvalue weighted by Gasteiger charge is 2.48. The van der Waals surface area contributed by atoms with Crippen molar-refractivity contribution in [3.63, 3.8) is 0 Å². The molecule has 2 aliphatic rings.